The number of rotatable bonds is 6. The lowest BCUT2D eigenvalue weighted by Crippen LogP contribution is -2.00. The Labute approximate surface area is 124 Å². The first-order chi connectivity index (χ1) is 10.4. The fourth-order valence-corrected chi connectivity index (χ4v) is 2.25. The lowest BCUT2D eigenvalue weighted by Gasteiger charge is -2.11. The molecule has 106 valence electrons. The van der Waals surface area contributed by atoms with Crippen LogP contribution in [0, 0.1) is 0 Å². The van der Waals surface area contributed by atoms with Gasteiger partial charge in [-0.2, -0.15) is 0 Å². The van der Waals surface area contributed by atoms with Gasteiger partial charge in [-0.3, -0.25) is 0 Å². The minimum Gasteiger partial charge on any atom is -0.493 e. The Morgan fingerprint density at radius 3 is 2.52 bits per heavy atom. The number of aryl methyl sites for hydroxylation is 1. The van der Waals surface area contributed by atoms with Gasteiger partial charge in [0, 0.05) is 11.6 Å². The Hall–Kier alpha value is -2.55. The van der Waals surface area contributed by atoms with E-state index in [1.807, 2.05) is 42.5 Å². The Bertz CT molecular complexity index is 663. The van der Waals surface area contributed by atoms with Crippen molar-refractivity contribution in [2.24, 2.45) is 0 Å². The maximum absolute atomic E-state index is 5.93. The van der Waals surface area contributed by atoms with Crippen molar-refractivity contribution in [2.45, 2.75) is 12.8 Å². The standard InChI is InChI=1S/C18H17NO2/c1-2-7-15(8-3-1)17-10-4-5-11-18(17)20-13-6-9-16-12-14-21-19-16/h1-5,7-8,10-12,14H,6,9,13H2. The molecule has 1 aromatic heterocycles. The molecule has 0 aliphatic heterocycles. The number of ether oxygens (including phenoxy) is 1. The van der Waals surface area contributed by atoms with E-state index in [2.05, 4.69) is 23.4 Å². The van der Waals surface area contributed by atoms with Gasteiger partial charge in [-0.25, -0.2) is 0 Å². The zero-order valence-electron chi connectivity index (χ0n) is 11.7. The van der Waals surface area contributed by atoms with Crippen molar-refractivity contribution >= 4 is 0 Å². The largest absolute Gasteiger partial charge is 0.493 e. The van der Waals surface area contributed by atoms with Crippen molar-refractivity contribution in [1.29, 1.82) is 0 Å². The van der Waals surface area contributed by atoms with E-state index in [-0.39, 0.29) is 0 Å². The van der Waals surface area contributed by atoms with Crippen molar-refractivity contribution in [3.05, 3.63) is 72.6 Å². The molecule has 0 spiro atoms. The number of aromatic nitrogens is 1. The summed E-state index contributed by atoms with van der Waals surface area (Å²) < 4.78 is 10.7. The van der Waals surface area contributed by atoms with Crippen molar-refractivity contribution in [2.75, 3.05) is 6.61 Å². The van der Waals surface area contributed by atoms with Crippen LogP contribution >= 0.6 is 0 Å². The van der Waals surface area contributed by atoms with Crippen molar-refractivity contribution in [1.82, 2.24) is 5.16 Å². The second-order valence-corrected chi connectivity index (χ2v) is 4.80. The van der Waals surface area contributed by atoms with Crippen LogP contribution in [0.2, 0.25) is 0 Å². The van der Waals surface area contributed by atoms with Crippen LogP contribution in [0.15, 0.2) is 71.4 Å². The van der Waals surface area contributed by atoms with Crippen molar-refractivity contribution in [3.8, 4) is 16.9 Å². The topological polar surface area (TPSA) is 35.3 Å². The van der Waals surface area contributed by atoms with E-state index < -0.39 is 0 Å². The summed E-state index contributed by atoms with van der Waals surface area (Å²) in [6, 6.07) is 20.3. The van der Waals surface area contributed by atoms with Crippen LogP contribution < -0.4 is 4.74 Å². The summed E-state index contributed by atoms with van der Waals surface area (Å²) in [5, 5.41) is 3.90. The Morgan fingerprint density at radius 1 is 0.905 bits per heavy atom. The van der Waals surface area contributed by atoms with E-state index in [1.165, 1.54) is 5.56 Å². The molecule has 0 saturated heterocycles. The van der Waals surface area contributed by atoms with Gasteiger partial charge in [-0.1, -0.05) is 53.7 Å². The van der Waals surface area contributed by atoms with E-state index in [0.29, 0.717) is 6.61 Å². The first-order valence-electron chi connectivity index (χ1n) is 7.10. The molecule has 21 heavy (non-hydrogen) atoms. The van der Waals surface area contributed by atoms with E-state index in [0.717, 1.165) is 29.8 Å². The fraction of sp³-hybridized carbons (Fsp3) is 0.167. The fourth-order valence-electron chi connectivity index (χ4n) is 2.25. The molecule has 3 rings (SSSR count). The molecule has 3 aromatic rings. The molecule has 0 aliphatic rings. The summed E-state index contributed by atoms with van der Waals surface area (Å²) in [6.45, 7) is 0.663. The van der Waals surface area contributed by atoms with Crippen LogP contribution in [-0.4, -0.2) is 11.8 Å². The average molecular weight is 279 g/mol. The highest BCUT2D eigenvalue weighted by atomic mass is 16.5. The van der Waals surface area contributed by atoms with Crippen LogP contribution in [0.5, 0.6) is 5.75 Å². The number of para-hydroxylation sites is 1. The number of benzene rings is 2. The van der Waals surface area contributed by atoms with Crippen LogP contribution in [0.4, 0.5) is 0 Å². The highest BCUT2D eigenvalue weighted by Gasteiger charge is 2.05. The Morgan fingerprint density at radius 2 is 1.71 bits per heavy atom. The average Bonchev–Trinajstić information content (AvgIpc) is 3.06. The normalized spacial score (nSPS) is 10.5. The van der Waals surface area contributed by atoms with Crippen molar-refractivity contribution < 1.29 is 9.26 Å². The predicted molar refractivity (Wildman–Crippen MR) is 82.2 cm³/mol. The molecule has 2 aromatic carbocycles. The molecule has 3 heteroatoms. The Balaban J connectivity index is 1.63. The van der Waals surface area contributed by atoms with Gasteiger partial charge in [0.1, 0.15) is 12.0 Å². The van der Waals surface area contributed by atoms with Gasteiger partial charge in [0.15, 0.2) is 0 Å². The summed E-state index contributed by atoms with van der Waals surface area (Å²) in [6.07, 6.45) is 3.38. The van der Waals surface area contributed by atoms with Gasteiger partial charge >= 0.3 is 0 Å². The van der Waals surface area contributed by atoms with Gasteiger partial charge in [0.25, 0.3) is 0 Å². The molecule has 0 saturated carbocycles. The second-order valence-electron chi connectivity index (χ2n) is 4.80. The first-order valence-corrected chi connectivity index (χ1v) is 7.10. The monoisotopic (exact) mass is 279 g/mol. The molecule has 1 heterocycles. The van der Waals surface area contributed by atoms with E-state index in [4.69, 9.17) is 9.26 Å². The molecule has 0 unspecified atom stereocenters. The van der Waals surface area contributed by atoms with Gasteiger partial charge in [0.05, 0.1) is 12.3 Å². The first kappa shape index (κ1) is 13.4. The molecule has 0 fully saturated rings. The van der Waals surface area contributed by atoms with Crippen molar-refractivity contribution in [3.63, 3.8) is 0 Å². The smallest absolute Gasteiger partial charge is 0.127 e. The molecular weight excluding hydrogens is 262 g/mol. The minimum atomic E-state index is 0.663. The van der Waals surface area contributed by atoms with Crippen LogP contribution in [0.3, 0.4) is 0 Å². The summed E-state index contributed by atoms with van der Waals surface area (Å²) in [5.41, 5.74) is 3.26. The minimum absolute atomic E-state index is 0.663. The maximum atomic E-state index is 5.93. The van der Waals surface area contributed by atoms with Crippen LogP contribution in [0.1, 0.15) is 12.1 Å². The summed E-state index contributed by atoms with van der Waals surface area (Å²) in [4.78, 5) is 0. The number of nitrogens with zero attached hydrogens (tertiary/aromatic N) is 1. The van der Waals surface area contributed by atoms with Gasteiger partial charge in [-0.05, 0) is 24.5 Å². The Kier molecular flexibility index (Phi) is 4.32. The van der Waals surface area contributed by atoms with Crippen LogP contribution in [0.25, 0.3) is 11.1 Å². The molecule has 0 aliphatic carbocycles. The number of hydrogen-bond acceptors (Lipinski definition) is 3. The molecule has 0 bridgehead atoms. The van der Waals surface area contributed by atoms with Gasteiger partial charge in [-0.15, -0.1) is 0 Å². The molecule has 3 nitrogen and oxygen atoms in total. The zero-order valence-corrected chi connectivity index (χ0v) is 11.7. The second kappa shape index (κ2) is 6.75. The third-order valence-electron chi connectivity index (χ3n) is 3.30. The highest BCUT2D eigenvalue weighted by Crippen LogP contribution is 2.29. The number of hydrogen-bond donors (Lipinski definition) is 0. The molecule has 0 radical (unpaired) electrons. The molecule has 0 atom stereocenters. The van der Waals surface area contributed by atoms with Gasteiger partial charge < -0.3 is 9.26 Å². The summed E-state index contributed by atoms with van der Waals surface area (Å²) >= 11 is 0. The SMILES string of the molecule is c1ccc(-c2ccccc2OCCCc2ccon2)cc1. The van der Waals surface area contributed by atoms with Gasteiger partial charge in [0.2, 0.25) is 0 Å². The highest BCUT2D eigenvalue weighted by molar-refractivity contribution is 5.70. The maximum Gasteiger partial charge on any atom is 0.127 e. The van der Waals surface area contributed by atoms with E-state index in [9.17, 15) is 0 Å². The third kappa shape index (κ3) is 3.51. The summed E-state index contributed by atoms with van der Waals surface area (Å²) in [7, 11) is 0. The van der Waals surface area contributed by atoms with E-state index in [1.54, 1.807) is 6.26 Å². The zero-order chi connectivity index (χ0) is 14.3. The third-order valence-corrected chi connectivity index (χ3v) is 3.30. The predicted octanol–water partition coefficient (Wildman–Crippen LogP) is 4.35. The lowest BCUT2D eigenvalue weighted by molar-refractivity contribution is 0.310. The summed E-state index contributed by atoms with van der Waals surface area (Å²) in [5.74, 6) is 0.920. The van der Waals surface area contributed by atoms with E-state index >= 15 is 0 Å². The lowest BCUT2D eigenvalue weighted by atomic mass is 10.1. The molecule has 0 N–H and O–H groups in total. The molecular formula is C18H17NO2. The quantitative estimate of drug-likeness (QED) is 0.629. The van der Waals surface area contributed by atoms with Crippen LogP contribution in [-0.2, 0) is 6.42 Å². The molecule has 0 amide bonds.